The minimum absolute atomic E-state index is 0.111. The van der Waals surface area contributed by atoms with Crippen molar-refractivity contribution in [3.05, 3.63) is 155 Å². The fourth-order valence-electron chi connectivity index (χ4n) is 6.70. The zero-order valence-corrected chi connectivity index (χ0v) is 31.8. The Kier molecular flexibility index (Phi) is 10.5. The van der Waals surface area contributed by atoms with Crippen molar-refractivity contribution in [1.82, 2.24) is 9.80 Å². The SMILES string of the molecule is CCN1C(=CC=C2C(=O)N(c3ccccc3)N=C2N(C)C)C(C)(C)c2ccccc21.Cc1ccc(C=C2C(=O)N(c3ccccc3)N=C2N(C)C)cc1. The van der Waals surface area contributed by atoms with Gasteiger partial charge in [-0.25, -0.2) is 0 Å². The van der Waals surface area contributed by atoms with E-state index < -0.39 is 0 Å². The van der Waals surface area contributed by atoms with Crippen molar-refractivity contribution in [2.75, 3.05) is 49.7 Å². The van der Waals surface area contributed by atoms with E-state index in [0.717, 1.165) is 23.5 Å². The second-order valence-corrected chi connectivity index (χ2v) is 14.0. The standard InChI is InChI=1S/C25H28N4O.C19H19N3O/c1-6-28-21-15-11-10-14-20(21)25(2,3)22(28)17-16-19-23(27(4)5)26-29(24(19)30)18-12-8-7-9-13-18;1-14-9-11-15(12-10-14)13-17-18(21(2)3)20-22(19(17)23)16-7-5-4-6-8-16/h7-17H,6H2,1-5H3;4-13H,1-3H3. The van der Waals surface area contributed by atoms with Gasteiger partial charge in [0.2, 0.25) is 0 Å². The molecule has 0 atom stereocenters. The molecule has 0 unspecified atom stereocenters. The molecule has 4 aromatic rings. The number of carbonyl (C=O) groups is 2. The molecule has 9 nitrogen and oxygen atoms in total. The molecule has 3 aliphatic rings. The van der Waals surface area contributed by atoms with Crippen LogP contribution in [0.15, 0.2) is 148 Å². The Morgan fingerprint density at radius 3 is 1.66 bits per heavy atom. The Bertz CT molecular complexity index is 2140. The van der Waals surface area contributed by atoms with Crippen LogP contribution in [-0.2, 0) is 15.0 Å². The number of benzene rings is 4. The number of fused-ring (bicyclic) bond motifs is 1. The molecule has 0 radical (unpaired) electrons. The third kappa shape index (κ3) is 7.28. The highest BCUT2D eigenvalue weighted by atomic mass is 16.2. The van der Waals surface area contributed by atoms with Crippen LogP contribution >= 0.6 is 0 Å². The number of anilines is 3. The summed E-state index contributed by atoms with van der Waals surface area (Å²) in [6, 6.07) is 35.6. The number of hydrogen-bond acceptors (Lipinski definition) is 7. The molecule has 0 bridgehead atoms. The van der Waals surface area contributed by atoms with Crippen molar-refractivity contribution in [3.63, 3.8) is 0 Å². The summed E-state index contributed by atoms with van der Waals surface area (Å²) < 4.78 is 0. The number of hydrogen-bond donors (Lipinski definition) is 0. The summed E-state index contributed by atoms with van der Waals surface area (Å²) in [6.07, 6.45) is 5.91. The topological polar surface area (TPSA) is 75.1 Å². The van der Waals surface area contributed by atoms with Gasteiger partial charge in [-0.05, 0) is 73.5 Å². The van der Waals surface area contributed by atoms with Gasteiger partial charge < -0.3 is 14.7 Å². The normalized spacial score (nSPS) is 18.3. The number of rotatable bonds is 5. The Hall–Kier alpha value is -6.22. The molecule has 3 aliphatic heterocycles. The van der Waals surface area contributed by atoms with Crippen LogP contribution < -0.4 is 14.9 Å². The third-order valence-corrected chi connectivity index (χ3v) is 9.48. The molecule has 4 aromatic carbocycles. The maximum absolute atomic E-state index is 13.2. The number of amidine groups is 2. The van der Waals surface area contributed by atoms with Crippen LogP contribution in [0.5, 0.6) is 0 Å². The zero-order chi connectivity index (χ0) is 37.9. The predicted octanol–water partition coefficient (Wildman–Crippen LogP) is 7.84. The fourth-order valence-corrected chi connectivity index (χ4v) is 6.70. The summed E-state index contributed by atoms with van der Waals surface area (Å²) in [5, 5.41) is 12.0. The second kappa shape index (κ2) is 15.2. The summed E-state index contributed by atoms with van der Waals surface area (Å²) >= 11 is 0. The quantitative estimate of drug-likeness (QED) is 0.198. The number of hydrazone groups is 2. The maximum atomic E-state index is 13.2. The second-order valence-electron chi connectivity index (χ2n) is 14.0. The van der Waals surface area contributed by atoms with Crippen LogP contribution in [0.2, 0.25) is 0 Å². The molecule has 53 heavy (non-hydrogen) atoms. The monoisotopic (exact) mass is 705 g/mol. The van der Waals surface area contributed by atoms with Gasteiger partial charge in [0, 0.05) is 51.5 Å². The molecule has 7 rings (SSSR count). The first-order valence-electron chi connectivity index (χ1n) is 17.8. The van der Waals surface area contributed by atoms with Gasteiger partial charge >= 0.3 is 0 Å². The van der Waals surface area contributed by atoms with Crippen molar-refractivity contribution in [2.45, 2.75) is 33.1 Å². The third-order valence-electron chi connectivity index (χ3n) is 9.48. The molecule has 0 fully saturated rings. The number of amides is 2. The van der Waals surface area contributed by atoms with Crippen LogP contribution in [0.1, 0.15) is 37.5 Å². The van der Waals surface area contributed by atoms with Gasteiger partial charge in [0.25, 0.3) is 11.8 Å². The Morgan fingerprint density at radius 2 is 1.13 bits per heavy atom. The summed E-state index contributed by atoms with van der Waals surface area (Å²) in [5.74, 6) is 1.11. The highest BCUT2D eigenvalue weighted by molar-refractivity contribution is 6.32. The smallest absolute Gasteiger partial charge is 0.282 e. The van der Waals surface area contributed by atoms with Crippen molar-refractivity contribution in [1.29, 1.82) is 0 Å². The lowest BCUT2D eigenvalue weighted by molar-refractivity contribution is -0.115. The summed E-state index contributed by atoms with van der Waals surface area (Å²) in [4.78, 5) is 32.1. The molecular formula is C44H47N7O2. The van der Waals surface area contributed by atoms with Crippen molar-refractivity contribution in [2.24, 2.45) is 10.2 Å². The first-order chi connectivity index (χ1) is 25.4. The van der Waals surface area contributed by atoms with Crippen LogP contribution in [-0.4, -0.2) is 68.0 Å². The summed E-state index contributed by atoms with van der Waals surface area (Å²) in [7, 11) is 7.61. The van der Waals surface area contributed by atoms with Crippen molar-refractivity contribution < 1.29 is 9.59 Å². The van der Waals surface area contributed by atoms with E-state index in [2.05, 4.69) is 66.2 Å². The first-order valence-corrected chi connectivity index (χ1v) is 17.8. The van der Waals surface area contributed by atoms with E-state index in [9.17, 15) is 9.59 Å². The summed E-state index contributed by atoms with van der Waals surface area (Å²) in [6.45, 7) is 9.54. The molecule has 3 heterocycles. The van der Waals surface area contributed by atoms with Crippen LogP contribution in [0.3, 0.4) is 0 Å². The minimum Gasteiger partial charge on any atom is -0.361 e. The Balaban J connectivity index is 0.000000188. The average molecular weight is 706 g/mol. The number of allylic oxidation sites excluding steroid dienone is 3. The maximum Gasteiger partial charge on any atom is 0.282 e. The Labute approximate surface area is 313 Å². The zero-order valence-electron chi connectivity index (χ0n) is 31.8. The van der Waals surface area contributed by atoms with Gasteiger partial charge in [-0.2, -0.15) is 10.0 Å². The lowest BCUT2D eigenvalue weighted by Crippen LogP contribution is -2.27. The Morgan fingerprint density at radius 1 is 0.642 bits per heavy atom. The highest BCUT2D eigenvalue weighted by Crippen LogP contribution is 2.47. The van der Waals surface area contributed by atoms with Gasteiger partial charge in [0.05, 0.1) is 22.5 Å². The van der Waals surface area contributed by atoms with Gasteiger partial charge in [0.15, 0.2) is 11.7 Å². The van der Waals surface area contributed by atoms with Gasteiger partial charge in [-0.1, -0.05) is 98.3 Å². The lowest BCUT2D eigenvalue weighted by atomic mass is 9.83. The van der Waals surface area contributed by atoms with E-state index in [0.29, 0.717) is 22.8 Å². The highest BCUT2D eigenvalue weighted by Gasteiger charge is 2.39. The van der Waals surface area contributed by atoms with Crippen molar-refractivity contribution in [3.8, 4) is 0 Å². The predicted molar refractivity (Wildman–Crippen MR) is 218 cm³/mol. The lowest BCUT2D eigenvalue weighted by Gasteiger charge is -2.26. The number of nitrogens with zero attached hydrogens (tertiary/aromatic N) is 7. The van der Waals surface area contributed by atoms with E-state index in [1.54, 1.807) is 0 Å². The molecule has 0 saturated heterocycles. The van der Waals surface area contributed by atoms with Gasteiger partial charge in [-0.3, -0.25) is 9.59 Å². The molecule has 0 aliphatic carbocycles. The van der Waals surface area contributed by atoms with Crippen molar-refractivity contribution >= 4 is 46.6 Å². The molecular weight excluding hydrogens is 659 g/mol. The number of carbonyl (C=O) groups excluding carboxylic acids is 2. The van der Waals surface area contributed by atoms with Gasteiger partial charge in [0.1, 0.15) is 0 Å². The molecule has 0 saturated carbocycles. The largest absolute Gasteiger partial charge is 0.361 e. The number of aryl methyl sites for hydroxylation is 1. The van der Waals surface area contributed by atoms with Crippen LogP contribution in [0, 0.1) is 6.92 Å². The molecule has 0 N–H and O–H groups in total. The van der Waals surface area contributed by atoms with E-state index in [-0.39, 0.29) is 17.2 Å². The molecule has 9 heteroatoms. The number of likely N-dealkylation sites (N-methyl/N-ethyl adjacent to an activating group) is 3. The molecule has 0 spiro atoms. The van der Waals surface area contributed by atoms with E-state index >= 15 is 0 Å². The molecule has 270 valence electrons. The molecule has 0 aromatic heterocycles. The van der Waals surface area contributed by atoms with Gasteiger partial charge in [-0.15, -0.1) is 10.2 Å². The van der Waals surface area contributed by atoms with Crippen LogP contribution in [0.25, 0.3) is 6.08 Å². The number of para-hydroxylation sites is 3. The average Bonchev–Trinajstić information content (AvgIpc) is 3.75. The van der Waals surface area contributed by atoms with E-state index in [1.807, 2.05) is 142 Å². The fraction of sp³-hybridized carbons (Fsp3) is 0.227. The summed E-state index contributed by atoms with van der Waals surface area (Å²) in [5.41, 5.74) is 8.50. The van der Waals surface area contributed by atoms with Crippen LogP contribution in [0.4, 0.5) is 17.1 Å². The van der Waals surface area contributed by atoms with E-state index in [1.165, 1.54) is 32.5 Å². The molecule has 2 amide bonds. The minimum atomic E-state index is -0.139. The first kappa shape index (κ1) is 36.6. The van der Waals surface area contributed by atoms with E-state index in [4.69, 9.17) is 0 Å².